The summed E-state index contributed by atoms with van der Waals surface area (Å²) < 4.78 is 0. The highest BCUT2D eigenvalue weighted by atomic mass is 16.3. The van der Waals surface area contributed by atoms with Gasteiger partial charge in [0.25, 0.3) is 0 Å². The summed E-state index contributed by atoms with van der Waals surface area (Å²) in [6.07, 6.45) is 2.53. The number of likely N-dealkylation sites (N-methyl/N-ethyl adjacent to an activating group) is 1. The van der Waals surface area contributed by atoms with Gasteiger partial charge in [0.1, 0.15) is 0 Å². The number of fused-ring (bicyclic) bond motifs is 1. The third-order valence-corrected chi connectivity index (χ3v) is 5.18. The van der Waals surface area contributed by atoms with Crippen LogP contribution in [0.1, 0.15) is 24.0 Å². The topological polar surface area (TPSA) is 72.8 Å². The van der Waals surface area contributed by atoms with E-state index < -0.39 is 5.41 Å². The lowest BCUT2D eigenvalue weighted by molar-refractivity contribution is -0.118. The number of rotatable bonds is 3. The molecule has 3 N–H and O–H groups in total. The summed E-state index contributed by atoms with van der Waals surface area (Å²) >= 11 is 0. The Morgan fingerprint density at radius 2 is 1.92 bits per heavy atom. The van der Waals surface area contributed by atoms with Crippen molar-refractivity contribution in [1.29, 1.82) is 0 Å². The van der Waals surface area contributed by atoms with Crippen LogP contribution in [0, 0.1) is 0 Å². The van der Waals surface area contributed by atoms with Crippen molar-refractivity contribution in [3.63, 3.8) is 0 Å². The van der Waals surface area contributed by atoms with Gasteiger partial charge in [-0.2, -0.15) is 0 Å². The highest BCUT2D eigenvalue weighted by Gasteiger charge is 2.51. The van der Waals surface area contributed by atoms with Gasteiger partial charge in [-0.25, -0.2) is 0 Å². The molecule has 0 unspecified atom stereocenters. The van der Waals surface area contributed by atoms with Crippen molar-refractivity contribution >= 4 is 17.3 Å². The Kier molecular flexibility index (Phi) is 3.20. The van der Waals surface area contributed by atoms with Gasteiger partial charge in [0.2, 0.25) is 5.91 Å². The van der Waals surface area contributed by atoms with Gasteiger partial charge in [0, 0.05) is 25.0 Å². The van der Waals surface area contributed by atoms with Crippen molar-refractivity contribution in [3.8, 4) is 11.5 Å². The van der Waals surface area contributed by atoms with Crippen LogP contribution in [0.4, 0.5) is 11.4 Å². The smallest absolute Gasteiger partial charge is 0.235 e. The molecule has 24 heavy (non-hydrogen) atoms. The number of phenols is 2. The first-order chi connectivity index (χ1) is 11.5. The Morgan fingerprint density at radius 1 is 1.12 bits per heavy atom. The predicted molar refractivity (Wildman–Crippen MR) is 92.7 cm³/mol. The second-order valence-electron chi connectivity index (χ2n) is 6.75. The first kappa shape index (κ1) is 14.9. The molecule has 2 aromatic carbocycles. The van der Waals surface area contributed by atoms with Crippen LogP contribution in [0.15, 0.2) is 36.4 Å². The quantitative estimate of drug-likeness (QED) is 0.759. The van der Waals surface area contributed by atoms with E-state index in [4.69, 9.17) is 0 Å². The van der Waals surface area contributed by atoms with E-state index in [0.717, 1.165) is 37.1 Å². The van der Waals surface area contributed by atoms with Crippen molar-refractivity contribution in [2.45, 2.75) is 24.7 Å². The third-order valence-electron chi connectivity index (χ3n) is 5.18. The van der Waals surface area contributed by atoms with Crippen molar-refractivity contribution < 1.29 is 15.0 Å². The lowest BCUT2D eigenvalue weighted by atomic mass is 9.94. The van der Waals surface area contributed by atoms with E-state index in [1.54, 1.807) is 6.07 Å². The SMILES string of the molecule is CN1CCc2ccc(NC(=O)C3(c4ccc(O)c(O)c4)CC3)cc21. The molecule has 1 aliphatic carbocycles. The lowest BCUT2D eigenvalue weighted by Gasteiger charge is -2.18. The lowest BCUT2D eigenvalue weighted by Crippen LogP contribution is -2.27. The minimum Gasteiger partial charge on any atom is -0.504 e. The number of carbonyl (C=O) groups is 1. The van der Waals surface area contributed by atoms with E-state index >= 15 is 0 Å². The summed E-state index contributed by atoms with van der Waals surface area (Å²) in [4.78, 5) is 15.0. The Morgan fingerprint density at radius 3 is 2.62 bits per heavy atom. The molecule has 0 aromatic heterocycles. The first-order valence-electron chi connectivity index (χ1n) is 8.18. The van der Waals surface area contributed by atoms with Crippen molar-refractivity contribution in [2.75, 3.05) is 23.8 Å². The largest absolute Gasteiger partial charge is 0.504 e. The molecule has 0 spiro atoms. The maximum atomic E-state index is 12.8. The van der Waals surface area contributed by atoms with Gasteiger partial charge in [0.05, 0.1) is 5.41 Å². The van der Waals surface area contributed by atoms with Gasteiger partial charge in [-0.15, -0.1) is 0 Å². The van der Waals surface area contributed by atoms with E-state index in [-0.39, 0.29) is 17.4 Å². The standard InChI is InChI=1S/C19H20N2O3/c1-21-9-6-12-2-4-14(11-15(12)21)20-18(24)19(7-8-19)13-3-5-16(22)17(23)10-13/h2-5,10-11,22-23H,6-9H2,1H3,(H,20,24). The summed E-state index contributed by atoms with van der Waals surface area (Å²) in [5.74, 6) is -0.421. The highest BCUT2D eigenvalue weighted by molar-refractivity contribution is 6.01. The molecule has 0 atom stereocenters. The molecule has 0 bridgehead atoms. The van der Waals surface area contributed by atoms with Crippen molar-refractivity contribution in [2.24, 2.45) is 0 Å². The van der Waals surface area contributed by atoms with Crippen LogP contribution in [0.3, 0.4) is 0 Å². The number of anilines is 2. The third kappa shape index (κ3) is 2.28. The van der Waals surface area contributed by atoms with Gasteiger partial charge < -0.3 is 20.4 Å². The summed E-state index contributed by atoms with van der Waals surface area (Å²) in [5, 5.41) is 22.2. The molecule has 4 rings (SSSR count). The van der Waals surface area contributed by atoms with Gasteiger partial charge in [-0.3, -0.25) is 4.79 Å². The molecule has 2 aromatic rings. The molecule has 1 heterocycles. The fourth-order valence-corrected chi connectivity index (χ4v) is 3.46. The monoisotopic (exact) mass is 324 g/mol. The van der Waals surface area contributed by atoms with Crippen LogP contribution in [-0.2, 0) is 16.6 Å². The second kappa shape index (κ2) is 5.16. The molecule has 1 aliphatic heterocycles. The summed E-state index contributed by atoms with van der Waals surface area (Å²) in [6.45, 7) is 1.00. The normalized spacial score (nSPS) is 17.5. The average molecular weight is 324 g/mol. The maximum Gasteiger partial charge on any atom is 0.235 e. The highest BCUT2D eigenvalue weighted by Crippen LogP contribution is 2.50. The average Bonchev–Trinajstić information content (AvgIpc) is 3.30. The van der Waals surface area contributed by atoms with Crippen LogP contribution in [0.2, 0.25) is 0 Å². The first-order valence-corrected chi connectivity index (χ1v) is 8.18. The van der Waals surface area contributed by atoms with Crippen molar-refractivity contribution in [1.82, 2.24) is 0 Å². The van der Waals surface area contributed by atoms with Crippen LogP contribution in [0.25, 0.3) is 0 Å². The van der Waals surface area contributed by atoms with Crippen LogP contribution >= 0.6 is 0 Å². The molecule has 0 radical (unpaired) electrons. The summed E-state index contributed by atoms with van der Waals surface area (Å²) in [7, 11) is 2.05. The fraction of sp³-hybridized carbons (Fsp3) is 0.316. The Labute approximate surface area is 140 Å². The van der Waals surface area contributed by atoms with E-state index in [1.807, 2.05) is 12.1 Å². The number of carbonyl (C=O) groups excluding carboxylic acids is 1. The number of nitrogens with zero attached hydrogens (tertiary/aromatic N) is 1. The number of hydrogen-bond acceptors (Lipinski definition) is 4. The minimum atomic E-state index is -0.601. The number of amides is 1. The van der Waals surface area contributed by atoms with Crippen molar-refractivity contribution in [3.05, 3.63) is 47.5 Å². The number of hydrogen-bond donors (Lipinski definition) is 3. The molecule has 5 heteroatoms. The predicted octanol–water partition coefficient (Wildman–Crippen LogP) is 2.76. The number of phenolic OH excluding ortho intramolecular Hbond substituents is 2. The van der Waals surface area contributed by atoms with Gasteiger partial charge >= 0.3 is 0 Å². The molecule has 2 aliphatic rings. The summed E-state index contributed by atoms with van der Waals surface area (Å²) in [5.41, 5.74) is 3.41. The van der Waals surface area contributed by atoms with E-state index in [9.17, 15) is 15.0 Å². The van der Waals surface area contributed by atoms with Gasteiger partial charge in [0.15, 0.2) is 11.5 Å². The zero-order chi connectivity index (χ0) is 16.9. The van der Waals surface area contributed by atoms with Crippen LogP contribution in [0.5, 0.6) is 11.5 Å². The van der Waals surface area contributed by atoms with E-state index in [2.05, 4.69) is 23.3 Å². The zero-order valence-corrected chi connectivity index (χ0v) is 13.5. The fourth-order valence-electron chi connectivity index (χ4n) is 3.46. The number of benzene rings is 2. The van der Waals surface area contributed by atoms with E-state index in [0.29, 0.717) is 0 Å². The molecular formula is C19H20N2O3. The Balaban J connectivity index is 1.58. The van der Waals surface area contributed by atoms with Gasteiger partial charge in [-0.05, 0) is 54.7 Å². The zero-order valence-electron chi connectivity index (χ0n) is 13.5. The summed E-state index contributed by atoms with van der Waals surface area (Å²) in [6, 6.07) is 10.7. The Hall–Kier alpha value is -2.69. The second-order valence-corrected chi connectivity index (χ2v) is 6.75. The maximum absolute atomic E-state index is 12.8. The molecule has 1 amide bonds. The number of aromatic hydroxyl groups is 2. The van der Waals surface area contributed by atoms with Gasteiger partial charge in [-0.1, -0.05) is 12.1 Å². The molecule has 5 nitrogen and oxygen atoms in total. The van der Waals surface area contributed by atoms with E-state index in [1.165, 1.54) is 23.4 Å². The minimum absolute atomic E-state index is 0.0619. The molecular weight excluding hydrogens is 304 g/mol. The van der Waals surface area contributed by atoms with Crippen LogP contribution < -0.4 is 10.2 Å². The van der Waals surface area contributed by atoms with Crippen LogP contribution in [-0.4, -0.2) is 29.7 Å². The molecule has 0 saturated heterocycles. The Bertz CT molecular complexity index is 827. The molecule has 1 fully saturated rings. The number of nitrogens with one attached hydrogen (secondary N) is 1. The molecule has 1 saturated carbocycles. The molecule has 124 valence electrons.